The molecule has 3 heteroatoms. The minimum Gasteiger partial charge on any atom is -0.246 e. The average molecular weight is 235 g/mol. The second-order valence-electron chi connectivity index (χ2n) is 3.34. The molecule has 0 radical (unpaired) electrons. The van der Waals surface area contributed by atoms with E-state index in [1.165, 1.54) is 11.3 Å². The molecule has 0 atom stereocenters. The Morgan fingerprint density at radius 2 is 2.00 bits per heavy atom. The van der Waals surface area contributed by atoms with Crippen LogP contribution >= 0.6 is 23.1 Å². The monoisotopic (exact) mass is 235 g/mol. The number of nitrogens with zero attached hydrogens (tertiary/aromatic N) is 1. The van der Waals surface area contributed by atoms with Crippen LogP contribution in [-0.2, 0) is 11.5 Å². The first-order valence-corrected chi connectivity index (χ1v) is 6.91. The van der Waals surface area contributed by atoms with Gasteiger partial charge in [-0.15, -0.1) is 11.3 Å². The summed E-state index contributed by atoms with van der Waals surface area (Å²) in [4.78, 5) is 4.44. The summed E-state index contributed by atoms with van der Waals surface area (Å²) in [6, 6.07) is 10.6. The highest BCUT2D eigenvalue weighted by Gasteiger charge is 1.98. The number of benzene rings is 1. The van der Waals surface area contributed by atoms with Crippen molar-refractivity contribution in [2.75, 3.05) is 0 Å². The van der Waals surface area contributed by atoms with Gasteiger partial charge in [0.2, 0.25) is 0 Å². The van der Waals surface area contributed by atoms with Crippen molar-refractivity contribution >= 4 is 23.1 Å². The van der Waals surface area contributed by atoms with Gasteiger partial charge in [-0.3, -0.25) is 0 Å². The van der Waals surface area contributed by atoms with Gasteiger partial charge in [-0.25, -0.2) is 4.98 Å². The molecular weight excluding hydrogens is 222 g/mol. The molecule has 0 bridgehead atoms. The fourth-order valence-electron chi connectivity index (χ4n) is 1.32. The third-order valence-electron chi connectivity index (χ3n) is 2.03. The molecule has 1 heterocycles. The predicted molar refractivity (Wildman–Crippen MR) is 68.3 cm³/mol. The van der Waals surface area contributed by atoms with Crippen LogP contribution in [0.25, 0.3) is 0 Å². The summed E-state index contributed by atoms with van der Waals surface area (Å²) in [6.45, 7) is 2.05. The van der Waals surface area contributed by atoms with Crippen molar-refractivity contribution in [3.63, 3.8) is 0 Å². The van der Waals surface area contributed by atoms with Crippen molar-refractivity contribution in [1.82, 2.24) is 4.98 Å². The maximum atomic E-state index is 4.44. The first-order chi connectivity index (χ1) is 7.34. The average Bonchev–Trinajstić information content (AvgIpc) is 2.66. The lowest BCUT2D eigenvalue weighted by molar-refractivity contribution is 1.18. The number of thiazole rings is 1. The van der Waals surface area contributed by atoms with E-state index in [1.54, 1.807) is 11.3 Å². The molecule has 2 aromatic rings. The van der Waals surface area contributed by atoms with Gasteiger partial charge in [0.05, 0.1) is 10.7 Å². The van der Waals surface area contributed by atoms with Crippen LogP contribution in [0.4, 0.5) is 0 Å². The van der Waals surface area contributed by atoms with Crippen LogP contribution in [-0.4, -0.2) is 4.98 Å². The van der Waals surface area contributed by atoms with E-state index < -0.39 is 0 Å². The van der Waals surface area contributed by atoms with Gasteiger partial charge in [0.1, 0.15) is 0 Å². The van der Waals surface area contributed by atoms with Crippen LogP contribution in [0.2, 0.25) is 0 Å². The molecule has 15 heavy (non-hydrogen) atoms. The highest BCUT2D eigenvalue weighted by Crippen LogP contribution is 2.18. The first-order valence-electron chi connectivity index (χ1n) is 4.87. The van der Waals surface area contributed by atoms with Gasteiger partial charge in [-0.2, -0.15) is 11.8 Å². The minimum atomic E-state index is 1.01. The standard InChI is InChI=1S/C12H13NS2/c1-10-13-12(9-15-10)8-14-7-11-5-3-2-4-6-11/h2-6,9H,7-8H2,1H3. The minimum absolute atomic E-state index is 1.01. The quantitative estimate of drug-likeness (QED) is 0.797. The van der Waals surface area contributed by atoms with E-state index in [0.717, 1.165) is 16.5 Å². The molecule has 0 unspecified atom stereocenters. The number of hydrogen-bond acceptors (Lipinski definition) is 3. The molecule has 0 saturated carbocycles. The molecule has 1 aromatic carbocycles. The van der Waals surface area contributed by atoms with Gasteiger partial charge in [0.15, 0.2) is 0 Å². The molecule has 0 amide bonds. The number of aromatic nitrogens is 1. The summed E-state index contributed by atoms with van der Waals surface area (Å²) in [5.41, 5.74) is 2.59. The smallest absolute Gasteiger partial charge is 0.0897 e. The van der Waals surface area contributed by atoms with Crippen LogP contribution < -0.4 is 0 Å². The summed E-state index contributed by atoms with van der Waals surface area (Å²) in [5.74, 6) is 2.08. The first kappa shape index (κ1) is 10.7. The predicted octanol–water partition coefficient (Wildman–Crippen LogP) is 3.88. The molecule has 1 aromatic heterocycles. The topological polar surface area (TPSA) is 12.9 Å². The lowest BCUT2D eigenvalue weighted by atomic mass is 10.2. The van der Waals surface area contributed by atoms with E-state index in [2.05, 4.69) is 47.6 Å². The van der Waals surface area contributed by atoms with E-state index in [-0.39, 0.29) is 0 Å². The van der Waals surface area contributed by atoms with E-state index >= 15 is 0 Å². The van der Waals surface area contributed by atoms with Crippen molar-refractivity contribution in [3.8, 4) is 0 Å². The van der Waals surface area contributed by atoms with Crippen molar-refractivity contribution in [2.24, 2.45) is 0 Å². The number of aryl methyl sites for hydroxylation is 1. The van der Waals surface area contributed by atoms with Gasteiger partial charge in [0.25, 0.3) is 0 Å². The maximum absolute atomic E-state index is 4.44. The van der Waals surface area contributed by atoms with Gasteiger partial charge in [-0.05, 0) is 12.5 Å². The molecule has 0 aliphatic carbocycles. The van der Waals surface area contributed by atoms with Crippen molar-refractivity contribution in [3.05, 3.63) is 52.0 Å². The molecule has 78 valence electrons. The Morgan fingerprint density at radius 1 is 1.20 bits per heavy atom. The molecular formula is C12H13NS2. The number of hydrogen-bond donors (Lipinski definition) is 0. The Kier molecular flexibility index (Phi) is 3.80. The second-order valence-corrected chi connectivity index (χ2v) is 5.38. The van der Waals surface area contributed by atoms with Crippen molar-refractivity contribution in [2.45, 2.75) is 18.4 Å². The number of rotatable bonds is 4. The molecule has 0 spiro atoms. The van der Waals surface area contributed by atoms with Gasteiger partial charge >= 0.3 is 0 Å². The Balaban J connectivity index is 1.80. The third-order valence-corrected chi connectivity index (χ3v) is 3.89. The highest BCUT2D eigenvalue weighted by molar-refractivity contribution is 7.97. The highest BCUT2D eigenvalue weighted by atomic mass is 32.2. The molecule has 2 rings (SSSR count). The van der Waals surface area contributed by atoms with Gasteiger partial charge in [0, 0.05) is 16.9 Å². The summed E-state index contributed by atoms with van der Waals surface area (Å²) in [5, 5.41) is 3.30. The maximum Gasteiger partial charge on any atom is 0.0897 e. The number of thioether (sulfide) groups is 1. The summed E-state index contributed by atoms with van der Waals surface area (Å²) >= 11 is 3.64. The molecule has 0 aliphatic rings. The van der Waals surface area contributed by atoms with E-state index in [1.807, 2.05) is 11.8 Å². The lowest BCUT2D eigenvalue weighted by Gasteiger charge is -1.99. The molecule has 0 saturated heterocycles. The Hall–Kier alpha value is -0.800. The zero-order chi connectivity index (χ0) is 10.5. The Labute approximate surface area is 98.6 Å². The van der Waals surface area contributed by atoms with Crippen LogP contribution in [0, 0.1) is 6.92 Å². The van der Waals surface area contributed by atoms with Crippen LogP contribution in [0.5, 0.6) is 0 Å². The summed E-state index contributed by atoms with van der Waals surface area (Å²) in [7, 11) is 0. The lowest BCUT2D eigenvalue weighted by Crippen LogP contribution is -1.83. The molecule has 0 fully saturated rings. The van der Waals surface area contributed by atoms with E-state index in [0.29, 0.717) is 0 Å². The Morgan fingerprint density at radius 3 is 2.67 bits per heavy atom. The van der Waals surface area contributed by atoms with Gasteiger partial charge in [-0.1, -0.05) is 30.3 Å². The third kappa shape index (κ3) is 3.36. The largest absolute Gasteiger partial charge is 0.246 e. The van der Waals surface area contributed by atoms with E-state index in [9.17, 15) is 0 Å². The van der Waals surface area contributed by atoms with Crippen LogP contribution in [0.1, 0.15) is 16.3 Å². The Bertz CT molecular complexity index is 409. The molecule has 0 aliphatic heterocycles. The second kappa shape index (κ2) is 5.33. The van der Waals surface area contributed by atoms with Crippen LogP contribution in [0.15, 0.2) is 35.7 Å². The normalized spacial score (nSPS) is 10.5. The fraction of sp³-hybridized carbons (Fsp3) is 0.250. The SMILES string of the molecule is Cc1nc(CSCc2ccccc2)cs1. The van der Waals surface area contributed by atoms with Gasteiger partial charge < -0.3 is 0 Å². The molecule has 0 N–H and O–H groups in total. The zero-order valence-electron chi connectivity index (χ0n) is 8.64. The summed E-state index contributed by atoms with van der Waals surface area (Å²) in [6.07, 6.45) is 0. The van der Waals surface area contributed by atoms with E-state index in [4.69, 9.17) is 0 Å². The molecule has 1 nitrogen and oxygen atoms in total. The van der Waals surface area contributed by atoms with Crippen LogP contribution in [0.3, 0.4) is 0 Å². The summed E-state index contributed by atoms with van der Waals surface area (Å²) < 4.78 is 0. The fourth-order valence-corrected chi connectivity index (χ4v) is 2.93. The van der Waals surface area contributed by atoms with Crippen molar-refractivity contribution in [1.29, 1.82) is 0 Å². The van der Waals surface area contributed by atoms with Crippen molar-refractivity contribution < 1.29 is 0 Å². The zero-order valence-corrected chi connectivity index (χ0v) is 10.3.